The first-order chi connectivity index (χ1) is 36.3. The summed E-state index contributed by atoms with van der Waals surface area (Å²) in [4.78, 5) is 2.53. The van der Waals surface area contributed by atoms with Crippen molar-refractivity contribution in [2.75, 3.05) is 4.90 Å². The van der Waals surface area contributed by atoms with E-state index in [1.807, 2.05) is 0 Å². The number of hydrogen-bond acceptors (Lipinski definition) is 1. The van der Waals surface area contributed by atoms with Crippen molar-refractivity contribution < 1.29 is 0 Å². The molecule has 77 heavy (non-hydrogen) atoms. The summed E-state index contributed by atoms with van der Waals surface area (Å²) in [6.07, 6.45) is 0. The predicted molar refractivity (Wildman–Crippen MR) is 328 cm³/mol. The summed E-state index contributed by atoms with van der Waals surface area (Å²) in [5, 5.41) is 0. The normalized spacial score (nSPS) is 14.9. The largest absolute Gasteiger partial charge is 0.310 e. The van der Waals surface area contributed by atoms with E-state index >= 15 is 0 Å². The van der Waals surface area contributed by atoms with Gasteiger partial charge < -0.3 is 4.90 Å². The highest BCUT2D eigenvalue weighted by Crippen LogP contribution is 2.65. The maximum absolute atomic E-state index is 2.58. The van der Waals surface area contributed by atoms with E-state index in [0.29, 0.717) is 0 Å². The lowest BCUT2D eigenvalue weighted by molar-refractivity contribution is 0.584. The molecule has 0 heterocycles. The van der Waals surface area contributed by atoms with Crippen LogP contribution in [0.4, 0.5) is 17.1 Å². The lowest BCUT2D eigenvalue weighted by Gasteiger charge is -2.36. The van der Waals surface area contributed by atoms with Crippen LogP contribution in [0.25, 0.3) is 33.4 Å². The standard InChI is InChI=1S/C76H77N/c1-70(2,3)48-25-29-50(30-26-48)75(51-31-27-49(28-32-51)71(4,5)6)64-24-20-19-23-58(64)62-41-36-56(46-68(62)75)77(55-21-17-16-18-22-55)57-37-42-63-61-40-35-54(74(13,14)15)45-67(61)76(69(63)47-57)65-43-52(72(7,8)9)33-38-59(65)60-39-34-53(44-66(60)76)73(10,11)12/h16-47H,1-15H3. The molecule has 0 radical (unpaired) electrons. The predicted octanol–water partition coefficient (Wildman–Crippen LogP) is 20.4. The van der Waals surface area contributed by atoms with Gasteiger partial charge in [0.25, 0.3) is 0 Å². The quantitative estimate of drug-likeness (QED) is 0.166. The minimum atomic E-state index is -0.585. The summed E-state index contributed by atoms with van der Waals surface area (Å²) in [6.45, 7) is 35.1. The van der Waals surface area contributed by atoms with Crippen molar-refractivity contribution >= 4 is 17.1 Å². The maximum Gasteiger partial charge on any atom is 0.0726 e. The van der Waals surface area contributed by atoms with Gasteiger partial charge in [0.05, 0.1) is 10.8 Å². The molecule has 0 amide bonds. The van der Waals surface area contributed by atoms with Crippen LogP contribution in [0.15, 0.2) is 194 Å². The number of hydrogen-bond donors (Lipinski definition) is 0. The highest BCUT2D eigenvalue weighted by atomic mass is 15.1. The van der Waals surface area contributed by atoms with E-state index in [1.165, 1.54) is 106 Å². The number of fused-ring (bicyclic) bond motifs is 13. The van der Waals surface area contributed by atoms with Crippen LogP contribution in [0.2, 0.25) is 0 Å². The van der Waals surface area contributed by atoms with Crippen LogP contribution >= 0.6 is 0 Å². The fraction of sp³-hybridized carbons (Fsp3) is 0.289. The monoisotopic (exact) mass is 1000 g/mol. The average molecular weight is 1000 g/mol. The van der Waals surface area contributed by atoms with Crippen molar-refractivity contribution in [1.29, 1.82) is 0 Å². The van der Waals surface area contributed by atoms with Crippen LogP contribution in [0.1, 0.15) is 176 Å². The van der Waals surface area contributed by atoms with Gasteiger partial charge in [-0.1, -0.05) is 262 Å². The van der Waals surface area contributed by atoms with Crippen molar-refractivity contribution in [2.45, 2.75) is 142 Å². The Hall–Kier alpha value is -7.22. The molecule has 1 heteroatoms. The Bertz CT molecular complexity index is 3630. The first-order valence-corrected chi connectivity index (χ1v) is 28.2. The highest BCUT2D eigenvalue weighted by Gasteiger charge is 2.53. The van der Waals surface area contributed by atoms with Gasteiger partial charge in [-0.15, -0.1) is 0 Å². The molecular weight excluding hydrogens is 927 g/mol. The van der Waals surface area contributed by atoms with Gasteiger partial charge in [-0.2, -0.15) is 0 Å². The minimum Gasteiger partial charge on any atom is -0.310 e. The van der Waals surface area contributed by atoms with Crippen LogP contribution in [0, 0.1) is 0 Å². The second-order valence-corrected chi connectivity index (χ2v) is 27.9. The fourth-order valence-corrected chi connectivity index (χ4v) is 13.4. The highest BCUT2D eigenvalue weighted by molar-refractivity contribution is 5.97. The molecule has 0 aromatic heterocycles. The van der Waals surface area contributed by atoms with Gasteiger partial charge in [0, 0.05) is 17.1 Å². The van der Waals surface area contributed by atoms with Crippen molar-refractivity contribution in [3.63, 3.8) is 0 Å². The molecule has 9 aromatic rings. The molecule has 0 aliphatic heterocycles. The number of anilines is 3. The van der Waals surface area contributed by atoms with Crippen LogP contribution in [0.3, 0.4) is 0 Å². The van der Waals surface area contributed by atoms with E-state index in [-0.39, 0.29) is 27.1 Å². The third-order valence-corrected chi connectivity index (χ3v) is 17.8. The van der Waals surface area contributed by atoms with Crippen LogP contribution in [-0.2, 0) is 37.9 Å². The van der Waals surface area contributed by atoms with Crippen LogP contribution < -0.4 is 4.90 Å². The van der Waals surface area contributed by atoms with Gasteiger partial charge in [-0.05, 0) is 169 Å². The molecule has 0 saturated heterocycles. The molecule has 0 fully saturated rings. The number of benzene rings is 9. The molecule has 386 valence electrons. The van der Waals surface area contributed by atoms with E-state index in [9.17, 15) is 0 Å². The lowest BCUT2D eigenvalue weighted by Crippen LogP contribution is -2.29. The van der Waals surface area contributed by atoms with E-state index in [1.54, 1.807) is 0 Å². The molecule has 1 spiro atoms. The Morgan fingerprint density at radius 2 is 0.532 bits per heavy atom. The molecule has 0 unspecified atom stereocenters. The van der Waals surface area contributed by atoms with E-state index < -0.39 is 10.8 Å². The minimum absolute atomic E-state index is 0.0198. The first-order valence-electron chi connectivity index (χ1n) is 28.2. The Morgan fingerprint density at radius 1 is 0.234 bits per heavy atom. The molecule has 1 nitrogen and oxygen atoms in total. The summed E-state index contributed by atoms with van der Waals surface area (Å²) in [5.41, 5.74) is 27.4. The summed E-state index contributed by atoms with van der Waals surface area (Å²) in [5.74, 6) is 0. The average Bonchev–Trinajstić information content (AvgIpc) is 3.97. The third-order valence-electron chi connectivity index (χ3n) is 17.8. The summed E-state index contributed by atoms with van der Waals surface area (Å²) >= 11 is 0. The van der Waals surface area contributed by atoms with E-state index in [2.05, 4.69) is 303 Å². The third kappa shape index (κ3) is 7.76. The van der Waals surface area contributed by atoms with Crippen LogP contribution in [0.5, 0.6) is 0 Å². The number of nitrogens with zero attached hydrogens (tertiary/aromatic N) is 1. The van der Waals surface area contributed by atoms with Gasteiger partial charge in [-0.25, -0.2) is 0 Å². The van der Waals surface area contributed by atoms with Crippen molar-refractivity contribution in [3.8, 4) is 33.4 Å². The zero-order chi connectivity index (χ0) is 54.4. The summed E-state index contributed by atoms with van der Waals surface area (Å²) in [6, 6.07) is 76.4. The number of para-hydroxylation sites is 1. The van der Waals surface area contributed by atoms with Gasteiger partial charge in [0.15, 0.2) is 0 Å². The topological polar surface area (TPSA) is 3.24 Å². The fourth-order valence-electron chi connectivity index (χ4n) is 13.4. The Labute approximate surface area is 461 Å². The van der Waals surface area contributed by atoms with Crippen LogP contribution in [-0.4, -0.2) is 0 Å². The first kappa shape index (κ1) is 50.6. The molecule has 0 atom stereocenters. The molecule has 9 aromatic carbocycles. The van der Waals surface area contributed by atoms with Gasteiger partial charge in [-0.3, -0.25) is 0 Å². The summed E-state index contributed by atoms with van der Waals surface area (Å²) < 4.78 is 0. The van der Waals surface area contributed by atoms with Crippen molar-refractivity contribution in [1.82, 2.24) is 0 Å². The van der Waals surface area contributed by atoms with Crippen molar-refractivity contribution in [2.24, 2.45) is 0 Å². The number of rotatable bonds is 5. The van der Waals surface area contributed by atoms with Crippen molar-refractivity contribution in [3.05, 3.63) is 266 Å². The van der Waals surface area contributed by atoms with E-state index in [0.717, 1.165) is 17.1 Å². The smallest absolute Gasteiger partial charge is 0.0726 e. The Balaban J connectivity index is 1.15. The molecule has 3 aliphatic rings. The Kier molecular flexibility index (Phi) is 11.3. The maximum atomic E-state index is 2.58. The molecule has 0 N–H and O–H groups in total. The summed E-state index contributed by atoms with van der Waals surface area (Å²) in [7, 11) is 0. The zero-order valence-corrected chi connectivity index (χ0v) is 48.4. The molecule has 0 saturated carbocycles. The SMILES string of the molecule is CC(C)(C)c1ccc(C2(c3ccc(C(C)(C)C)cc3)c3ccccc3-c3ccc(N(c4ccccc4)c4ccc5c(c4)C4(c6cc(C(C)(C)C)ccc6-5)c5cc(C(C)(C)C)ccc5-c5ccc(C(C)(C)C)cc54)cc32)cc1. The van der Waals surface area contributed by atoms with E-state index in [4.69, 9.17) is 0 Å². The molecule has 0 bridgehead atoms. The second kappa shape index (κ2) is 17.1. The molecular formula is C76H77N. The second-order valence-electron chi connectivity index (χ2n) is 27.9. The zero-order valence-electron chi connectivity index (χ0n) is 48.4. The van der Waals surface area contributed by atoms with Gasteiger partial charge in [0.2, 0.25) is 0 Å². The Morgan fingerprint density at radius 3 is 0.909 bits per heavy atom. The van der Waals surface area contributed by atoms with Gasteiger partial charge in [0.1, 0.15) is 0 Å². The van der Waals surface area contributed by atoms with Gasteiger partial charge >= 0.3 is 0 Å². The molecule has 3 aliphatic carbocycles. The lowest BCUT2D eigenvalue weighted by atomic mass is 9.67. The molecule has 12 rings (SSSR count).